The molecule has 6 nitrogen and oxygen atoms in total. The molecule has 2 fully saturated rings. The van der Waals surface area contributed by atoms with Crippen LogP contribution in [0.3, 0.4) is 0 Å². The summed E-state index contributed by atoms with van der Waals surface area (Å²) in [6, 6.07) is 2.26. The van der Waals surface area contributed by atoms with Crippen molar-refractivity contribution < 1.29 is 9.90 Å². The van der Waals surface area contributed by atoms with Crippen molar-refractivity contribution in [2.24, 2.45) is 13.0 Å². The average Bonchev–Trinajstić information content (AvgIpc) is 2.98. The third-order valence-corrected chi connectivity index (χ3v) is 6.12. The number of rotatable bonds is 5. The number of carbonyl (C=O) groups excluding carboxylic acids is 1. The molecule has 26 heavy (non-hydrogen) atoms. The molecule has 7 heteroatoms. The van der Waals surface area contributed by atoms with Crippen molar-refractivity contribution in [3.8, 4) is 0 Å². The van der Waals surface area contributed by atoms with E-state index in [0.717, 1.165) is 58.5 Å². The van der Waals surface area contributed by atoms with E-state index < -0.39 is 0 Å². The molecule has 0 bridgehead atoms. The first-order valence-corrected chi connectivity index (χ1v) is 10.0. The summed E-state index contributed by atoms with van der Waals surface area (Å²) in [4.78, 5) is 19.9. The molecular weight excluding hydrogens is 352 g/mol. The van der Waals surface area contributed by atoms with Crippen molar-refractivity contribution in [3.63, 3.8) is 0 Å². The van der Waals surface area contributed by atoms with Crippen LogP contribution in [0, 0.1) is 5.92 Å². The Morgan fingerprint density at radius 3 is 2.58 bits per heavy atom. The zero-order valence-electron chi connectivity index (χ0n) is 15.9. The number of carbonyl (C=O) groups is 1. The number of aliphatic hydroxyl groups excluding tert-OH is 1. The lowest BCUT2D eigenvalue weighted by Gasteiger charge is -2.46. The summed E-state index contributed by atoms with van der Waals surface area (Å²) in [5.74, 6) is 0.476. The fraction of sp³-hybridized carbons (Fsp3) is 0.737. The number of halogens is 1. The summed E-state index contributed by atoms with van der Waals surface area (Å²) in [5.41, 5.74) is 0.647. The molecule has 0 aliphatic carbocycles. The minimum absolute atomic E-state index is 0.0604. The number of aliphatic hydroxyl groups is 1. The first kappa shape index (κ1) is 19.7. The topological polar surface area (TPSA) is 52.0 Å². The maximum Gasteiger partial charge on any atom is 0.270 e. The second-order valence-corrected chi connectivity index (χ2v) is 8.16. The lowest BCUT2D eigenvalue weighted by molar-refractivity contribution is 0.0214. The molecule has 1 aromatic rings. The van der Waals surface area contributed by atoms with E-state index in [-0.39, 0.29) is 12.5 Å². The smallest absolute Gasteiger partial charge is 0.270 e. The Hall–Kier alpha value is -1.08. The van der Waals surface area contributed by atoms with Gasteiger partial charge in [-0.15, -0.1) is 0 Å². The fourth-order valence-corrected chi connectivity index (χ4v) is 4.62. The summed E-state index contributed by atoms with van der Waals surface area (Å²) >= 11 is 6.05. The van der Waals surface area contributed by atoms with Crippen molar-refractivity contribution in [1.29, 1.82) is 0 Å². The predicted molar refractivity (Wildman–Crippen MR) is 104 cm³/mol. The van der Waals surface area contributed by atoms with Gasteiger partial charge in [0.1, 0.15) is 5.69 Å². The number of likely N-dealkylation sites (tertiary alicyclic amines) is 1. The molecule has 0 aromatic carbocycles. The van der Waals surface area contributed by atoms with Crippen LogP contribution >= 0.6 is 11.6 Å². The number of amides is 1. The molecule has 0 unspecified atom stereocenters. The first-order chi connectivity index (χ1) is 12.5. The van der Waals surface area contributed by atoms with E-state index >= 15 is 0 Å². The first-order valence-electron chi connectivity index (χ1n) is 9.64. The number of nitrogens with zero attached hydrogens (tertiary/aromatic N) is 4. The van der Waals surface area contributed by atoms with Gasteiger partial charge in [0.25, 0.3) is 5.91 Å². The molecule has 1 amide bonds. The monoisotopic (exact) mass is 382 g/mol. The van der Waals surface area contributed by atoms with Crippen LogP contribution < -0.4 is 0 Å². The van der Waals surface area contributed by atoms with Crippen molar-refractivity contribution in [3.05, 3.63) is 23.0 Å². The molecule has 0 spiro atoms. The summed E-state index contributed by atoms with van der Waals surface area (Å²) in [5, 5.41) is 9.90. The van der Waals surface area contributed by atoms with Gasteiger partial charge in [0, 0.05) is 65.2 Å². The largest absolute Gasteiger partial charge is 0.396 e. The molecule has 2 aliphatic heterocycles. The van der Waals surface area contributed by atoms with E-state index in [1.165, 1.54) is 0 Å². The molecular formula is C19H31ClN4O2. The Balaban J connectivity index is 1.69. The highest BCUT2D eigenvalue weighted by Crippen LogP contribution is 2.28. The molecule has 2 saturated heterocycles. The highest BCUT2D eigenvalue weighted by atomic mass is 35.5. The van der Waals surface area contributed by atoms with Crippen molar-refractivity contribution in [2.45, 2.75) is 25.3 Å². The van der Waals surface area contributed by atoms with Crippen LogP contribution in [0.2, 0.25) is 5.02 Å². The maximum atomic E-state index is 13.0. The highest BCUT2D eigenvalue weighted by molar-refractivity contribution is 6.31. The lowest BCUT2D eigenvalue weighted by atomic mass is 9.86. The van der Waals surface area contributed by atoms with Crippen molar-refractivity contribution in [1.82, 2.24) is 19.3 Å². The summed E-state index contributed by atoms with van der Waals surface area (Å²) < 4.78 is 1.81. The summed E-state index contributed by atoms with van der Waals surface area (Å²) in [6.45, 7) is 6.16. The number of aryl methyl sites for hydroxylation is 1. The van der Waals surface area contributed by atoms with Crippen LogP contribution in [-0.4, -0.2) is 89.2 Å². The Bertz CT molecular complexity index is 613. The van der Waals surface area contributed by atoms with Crippen LogP contribution in [-0.2, 0) is 7.05 Å². The number of hydrogen-bond acceptors (Lipinski definition) is 4. The standard InChI is InChI=1S/C19H31ClN4O2/c1-21-7-9-23(10-8-21)17-5-6-24(13-15(17)4-3-11-25)19(26)18-12-16(20)14-22(18)2/h12,14-15,17,25H,3-11,13H2,1-2H3/t15-,17+/m1/s1. The predicted octanol–water partition coefficient (Wildman–Crippen LogP) is 1.53. The van der Waals surface area contributed by atoms with Gasteiger partial charge in [0.15, 0.2) is 0 Å². The van der Waals surface area contributed by atoms with Gasteiger partial charge in [-0.1, -0.05) is 11.6 Å². The Morgan fingerprint density at radius 1 is 1.23 bits per heavy atom. The number of piperazine rings is 1. The van der Waals surface area contributed by atoms with Crippen LogP contribution in [0.1, 0.15) is 29.8 Å². The van der Waals surface area contributed by atoms with Crippen molar-refractivity contribution in [2.75, 3.05) is 52.9 Å². The van der Waals surface area contributed by atoms with Crippen LogP contribution in [0.15, 0.2) is 12.3 Å². The number of hydrogen-bond donors (Lipinski definition) is 1. The fourth-order valence-electron chi connectivity index (χ4n) is 4.37. The number of piperidine rings is 1. The van der Waals surface area contributed by atoms with Gasteiger partial charge >= 0.3 is 0 Å². The Morgan fingerprint density at radius 2 is 1.96 bits per heavy atom. The molecule has 1 aromatic heterocycles. The van der Waals surface area contributed by atoms with E-state index in [9.17, 15) is 9.90 Å². The molecule has 146 valence electrons. The molecule has 3 heterocycles. The summed E-state index contributed by atoms with van der Waals surface area (Å²) in [6.07, 6.45) is 4.54. The molecule has 2 aliphatic rings. The van der Waals surface area contributed by atoms with Gasteiger partial charge in [-0.05, 0) is 38.3 Å². The van der Waals surface area contributed by atoms with E-state index in [0.29, 0.717) is 22.7 Å². The highest BCUT2D eigenvalue weighted by Gasteiger charge is 2.36. The Labute approximate surface area is 161 Å². The quantitative estimate of drug-likeness (QED) is 0.839. The van der Waals surface area contributed by atoms with Crippen LogP contribution in [0.4, 0.5) is 0 Å². The van der Waals surface area contributed by atoms with Gasteiger partial charge in [-0.3, -0.25) is 9.69 Å². The lowest BCUT2D eigenvalue weighted by Crippen LogP contribution is -2.57. The SMILES string of the molecule is CN1CCN([C@H]2CCN(C(=O)c3cc(Cl)cn3C)C[C@H]2CCCO)CC1. The molecule has 0 radical (unpaired) electrons. The molecule has 1 N–H and O–H groups in total. The number of likely N-dealkylation sites (N-methyl/N-ethyl adjacent to an activating group) is 1. The third-order valence-electron chi connectivity index (χ3n) is 5.91. The second kappa shape index (κ2) is 8.74. The third kappa shape index (κ3) is 4.42. The number of aromatic nitrogens is 1. The minimum atomic E-state index is 0.0604. The van der Waals surface area contributed by atoms with Crippen LogP contribution in [0.5, 0.6) is 0 Å². The van der Waals surface area contributed by atoms with E-state index in [1.54, 1.807) is 16.8 Å². The van der Waals surface area contributed by atoms with Gasteiger partial charge in [-0.25, -0.2) is 0 Å². The molecule has 0 saturated carbocycles. The zero-order chi connectivity index (χ0) is 18.7. The zero-order valence-corrected chi connectivity index (χ0v) is 16.7. The van der Waals surface area contributed by atoms with Crippen molar-refractivity contribution >= 4 is 17.5 Å². The normalized spacial score (nSPS) is 25.6. The van der Waals surface area contributed by atoms with E-state index in [1.807, 2.05) is 11.9 Å². The van der Waals surface area contributed by atoms with E-state index in [4.69, 9.17) is 11.6 Å². The van der Waals surface area contributed by atoms with Gasteiger partial charge in [-0.2, -0.15) is 0 Å². The maximum absolute atomic E-state index is 13.0. The molecule has 3 rings (SSSR count). The summed E-state index contributed by atoms with van der Waals surface area (Å²) in [7, 11) is 4.03. The van der Waals surface area contributed by atoms with Crippen LogP contribution in [0.25, 0.3) is 0 Å². The van der Waals surface area contributed by atoms with Gasteiger partial charge in [0.2, 0.25) is 0 Å². The molecule has 2 atom stereocenters. The Kier molecular flexibility index (Phi) is 6.61. The second-order valence-electron chi connectivity index (χ2n) is 7.73. The van der Waals surface area contributed by atoms with Gasteiger partial charge in [0.05, 0.1) is 5.02 Å². The minimum Gasteiger partial charge on any atom is -0.396 e. The average molecular weight is 383 g/mol. The van der Waals surface area contributed by atoms with Gasteiger partial charge < -0.3 is 19.5 Å². The van der Waals surface area contributed by atoms with E-state index in [2.05, 4.69) is 16.8 Å².